The third-order valence-electron chi connectivity index (χ3n) is 4.11. The number of carbonyl (C=O) groups excluding carboxylic acids is 1. The van der Waals surface area contributed by atoms with Gasteiger partial charge in [-0.15, -0.1) is 0 Å². The molecule has 1 unspecified atom stereocenters. The van der Waals surface area contributed by atoms with Crippen molar-refractivity contribution in [1.82, 2.24) is 10.2 Å². The van der Waals surface area contributed by atoms with Crippen molar-refractivity contribution >= 4 is 5.91 Å². The maximum atomic E-state index is 12.1. The Balaban J connectivity index is 1.69. The van der Waals surface area contributed by atoms with Crippen molar-refractivity contribution < 1.29 is 4.79 Å². The van der Waals surface area contributed by atoms with Gasteiger partial charge in [0.1, 0.15) is 0 Å². The van der Waals surface area contributed by atoms with Crippen molar-refractivity contribution in [2.45, 2.75) is 32.6 Å². The average Bonchev–Trinajstić information content (AvgIpc) is 2.90. The SMILES string of the molecule is CNCC1CCN(C(=O)CCCc2ccc(C)cc2)C1. The molecule has 1 atom stereocenters. The lowest BCUT2D eigenvalue weighted by atomic mass is 10.1. The molecule has 3 heteroatoms. The smallest absolute Gasteiger partial charge is 0.222 e. The van der Waals surface area contributed by atoms with Gasteiger partial charge in [0.15, 0.2) is 0 Å². The second-order valence-electron chi connectivity index (χ2n) is 5.89. The minimum atomic E-state index is 0.329. The Bertz CT molecular complexity index is 427. The van der Waals surface area contributed by atoms with Gasteiger partial charge >= 0.3 is 0 Å². The van der Waals surface area contributed by atoms with E-state index in [4.69, 9.17) is 0 Å². The van der Waals surface area contributed by atoms with Crippen molar-refractivity contribution in [2.24, 2.45) is 5.92 Å². The third-order valence-corrected chi connectivity index (χ3v) is 4.11. The Morgan fingerprint density at radius 1 is 1.35 bits per heavy atom. The first-order chi connectivity index (χ1) is 9.69. The number of aryl methyl sites for hydroxylation is 2. The van der Waals surface area contributed by atoms with E-state index >= 15 is 0 Å². The van der Waals surface area contributed by atoms with Crippen LogP contribution in [0.15, 0.2) is 24.3 Å². The van der Waals surface area contributed by atoms with Crippen LogP contribution in [0.5, 0.6) is 0 Å². The van der Waals surface area contributed by atoms with Crippen LogP contribution < -0.4 is 5.32 Å². The maximum Gasteiger partial charge on any atom is 0.222 e. The molecule has 20 heavy (non-hydrogen) atoms. The van der Waals surface area contributed by atoms with Gasteiger partial charge in [0.2, 0.25) is 5.91 Å². The first kappa shape index (κ1) is 15.0. The highest BCUT2D eigenvalue weighted by Gasteiger charge is 2.24. The zero-order valence-corrected chi connectivity index (χ0v) is 12.7. The lowest BCUT2D eigenvalue weighted by Crippen LogP contribution is -2.30. The second kappa shape index (κ2) is 7.44. The van der Waals surface area contributed by atoms with Crippen LogP contribution in [0.3, 0.4) is 0 Å². The Kier molecular flexibility index (Phi) is 5.60. The minimum absolute atomic E-state index is 0.329. The van der Waals surface area contributed by atoms with Crippen LogP contribution in [0.4, 0.5) is 0 Å². The second-order valence-corrected chi connectivity index (χ2v) is 5.89. The van der Waals surface area contributed by atoms with Crippen LogP contribution in [0.2, 0.25) is 0 Å². The molecule has 1 heterocycles. The van der Waals surface area contributed by atoms with Gasteiger partial charge in [0.05, 0.1) is 0 Å². The fourth-order valence-corrected chi connectivity index (χ4v) is 2.87. The summed E-state index contributed by atoms with van der Waals surface area (Å²) < 4.78 is 0. The maximum absolute atomic E-state index is 12.1. The summed E-state index contributed by atoms with van der Waals surface area (Å²) in [6, 6.07) is 8.61. The summed E-state index contributed by atoms with van der Waals surface area (Å²) in [6.45, 7) is 5.00. The Morgan fingerprint density at radius 2 is 2.10 bits per heavy atom. The van der Waals surface area contributed by atoms with Crippen LogP contribution >= 0.6 is 0 Å². The van der Waals surface area contributed by atoms with E-state index in [-0.39, 0.29) is 0 Å². The number of nitrogens with one attached hydrogen (secondary N) is 1. The van der Waals surface area contributed by atoms with E-state index in [2.05, 4.69) is 36.5 Å². The Hall–Kier alpha value is -1.35. The van der Waals surface area contributed by atoms with E-state index in [0.29, 0.717) is 18.2 Å². The number of hydrogen-bond donors (Lipinski definition) is 1. The number of rotatable bonds is 6. The van der Waals surface area contributed by atoms with Gasteiger partial charge in [-0.2, -0.15) is 0 Å². The molecule has 1 aliphatic heterocycles. The standard InChI is InChI=1S/C17H26N2O/c1-14-6-8-15(9-7-14)4-3-5-17(20)19-11-10-16(13-19)12-18-2/h6-9,16,18H,3-5,10-13H2,1-2H3. The van der Waals surface area contributed by atoms with Gasteiger partial charge in [-0.3, -0.25) is 4.79 Å². The van der Waals surface area contributed by atoms with Gasteiger partial charge in [-0.25, -0.2) is 0 Å². The highest BCUT2D eigenvalue weighted by molar-refractivity contribution is 5.76. The zero-order chi connectivity index (χ0) is 14.4. The molecule has 0 aliphatic carbocycles. The summed E-state index contributed by atoms with van der Waals surface area (Å²) in [5, 5.41) is 3.20. The van der Waals surface area contributed by atoms with Crippen LogP contribution in [0.1, 0.15) is 30.4 Å². The number of benzene rings is 1. The Morgan fingerprint density at radius 3 is 2.80 bits per heavy atom. The number of likely N-dealkylation sites (tertiary alicyclic amines) is 1. The predicted octanol–water partition coefficient (Wildman–Crippen LogP) is 2.39. The molecule has 1 fully saturated rings. The van der Waals surface area contributed by atoms with E-state index < -0.39 is 0 Å². The van der Waals surface area contributed by atoms with Gasteiger partial charge in [-0.05, 0) is 51.3 Å². The van der Waals surface area contributed by atoms with Gasteiger partial charge in [-0.1, -0.05) is 29.8 Å². The molecule has 1 aromatic carbocycles. The molecule has 1 N–H and O–H groups in total. The Labute approximate surface area is 122 Å². The van der Waals surface area contributed by atoms with Gasteiger partial charge in [0, 0.05) is 19.5 Å². The van der Waals surface area contributed by atoms with Crippen molar-refractivity contribution in [3.05, 3.63) is 35.4 Å². The fourth-order valence-electron chi connectivity index (χ4n) is 2.87. The molecule has 0 saturated carbocycles. The van der Waals surface area contributed by atoms with Crippen molar-refractivity contribution in [3.63, 3.8) is 0 Å². The summed E-state index contributed by atoms with van der Waals surface area (Å²) in [5.41, 5.74) is 2.62. The molecule has 0 bridgehead atoms. The van der Waals surface area contributed by atoms with Crippen LogP contribution in [-0.4, -0.2) is 37.5 Å². The monoisotopic (exact) mass is 274 g/mol. The summed E-state index contributed by atoms with van der Waals surface area (Å²) >= 11 is 0. The number of carbonyl (C=O) groups is 1. The normalized spacial score (nSPS) is 18.5. The average molecular weight is 274 g/mol. The van der Waals surface area contributed by atoms with E-state index in [1.54, 1.807) is 0 Å². The van der Waals surface area contributed by atoms with Crippen molar-refractivity contribution in [2.75, 3.05) is 26.7 Å². The highest BCUT2D eigenvalue weighted by atomic mass is 16.2. The molecule has 1 aliphatic rings. The van der Waals surface area contributed by atoms with Gasteiger partial charge < -0.3 is 10.2 Å². The molecule has 1 aromatic rings. The zero-order valence-electron chi connectivity index (χ0n) is 12.7. The van der Waals surface area contributed by atoms with E-state index in [1.165, 1.54) is 11.1 Å². The molecule has 1 amide bonds. The minimum Gasteiger partial charge on any atom is -0.342 e. The molecular formula is C17H26N2O. The topological polar surface area (TPSA) is 32.3 Å². The first-order valence-corrected chi connectivity index (χ1v) is 7.67. The van der Waals surface area contributed by atoms with Crippen LogP contribution in [0, 0.1) is 12.8 Å². The van der Waals surface area contributed by atoms with Gasteiger partial charge in [0.25, 0.3) is 0 Å². The number of nitrogens with zero attached hydrogens (tertiary/aromatic N) is 1. The lowest BCUT2D eigenvalue weighted by Gasteiger charge is -2.16. The first-order valence-electron chi connectivity index (χ1n) is 7.67. The molecule has 110 valence electrons. The third kappa shape index (κ3) is 4.34. The molecule has 0 spiro atoms. The molecular weight excluding hydrogens is 248 g/mol. The lowest BCUT2D eigenvalue weighted by molar-refractivity contribution is -0.130. The predicted molar refractivity (Wildman–Crippen MR) is 82.7 cm³/mol. The van der Waals surface area contributed by atoms with Crippen molar-refractivity contribution in [1.29, 1.82) is 0 Å². The molecule has 3 nitrogen and oxygen atoms in total. The fraction of sp³-hybridized carbons (Fsp3) is 0.588. The molecule has 2 rings (SSSR count). The summed E-state index contributed by atoms with van der Waals surface area (Å²) in [5.74, 6) is 0.969. The molecule has 1 saturated heterocycles. The summed E-state index contributed by atoms with van der Waals surface area (Å²) in [6.07, 6.45) is 3.78. The number of amides is 1. The van der Waals surface area contributed by atoms with E-state index in [0.717, 1.165) is 38.9 Å². The highest BCUT2D eigenvalue weighted by Crippen LogP contribution is 2.17. The molecule has 0 radical (unpaired) electrons. The quantitative estimate of drug-likeness (QED) is 0.864. The largest absolute Gasteiger partial charge is 0.342 e. The summed E-state index contributed by atoms with van der Waals surface area (Å²) in [4.78, 5) is 14.2. The van der Waals surface area contributed by atoms with Crippen LogP contribution in [-0.2, 0) is 11.2 Å². The molecule has 0 aromatic heterocycles. The summed E-state index contributed by atoms with van der Waals surface area (Å²) in [7, 11) is 1.98. The van der Waals surface area contributed by atoms with E-state index in [1.807, 2.05) is 11.9 Å². The number of hydrogen-bond acceptors (Lipinski definition) is 2. The van der Waals surface area contributed by atoms with Crippen molar-refractivity contribution in [3.8, 4) is 0 Å². The van der Waals surface area contributed by atoms with E-state index in [9.17, 15) is 4.79 Å². The van der Waals surface area contributed by atoms with Crippen LogP contribution in [0.25, 0.3) is 0 Å².